The van der Waals surface area contributed by atoms with Gasteiger partial charge in [0.05, 0.1) is 41.9 Å². The van der Waals surface area contributed by atoms with E-state index in [4.69, 9.17) is 4.74 Å². The van der Waals surface area contributed by atoms with Crippen LogP contribution in [0.3, 0.4) is 0 Å². The maximum absolute atomic E-state index is 14.0. The zero-order valence-electron chi connectivity index (χ0n) is 25.7. The SMILES string of the molecule is C[C@H](/C=C/CCn1cc(C(CO)c2ccccc2)nn1)[C@@]1(O)C(=O)N(Cc2ccc(N3CCOC3=O)cc2)c2ccc([N+](=O)[O-])cc21. The van der Waals surface area contributed by atoms with Crippen molar-refractivity contribution in [2.45, 2.75) is 38.0 Å². The molecule has 13 nitrogen and oxygen atoms in total. The Labute approximate surface area is 270 Å². The van der Waals surface area contributed by atoms with Gasteiger partial charge in [0.2, 0.25) is 0 Å². The number of hydrogen-bond acceptors (Lipinski definition) is 9. The predicted molar refractivity (Wildman–Crippen MR) is 172 cm³/mol. The summed E-state index contributed by atoms with van der Waals surface area (Å²) in [5.74, 6) is -1.61. The first-order valence-corrected chi connectivity index (χ1v) is 15.3. The van der Waals surface area contributed by atoms with Crippen LogP contribution in [-0.2, 0) is 28.2 Å². The molecule has 2 amide bonds. The second-order valence-electron chi connectivity index (χ2n) is 11.6. The fourth-order valence-electron chi connectivity index (χ4n) is 6.08. The summed E-state index contributed by atoms with van der Waals surface area (Å²) in [6.45, 7) is 2.94. The Hall–Kier alpha value is -5.40. The van der Waals surface area contributed by atoms with E-state index in [-0.39, 0.29) is 30.3 Å². The lowest BCUT2D eigenvalue weighted by atomic mass is 9.82. The number of ether oxygens (including phenoxy) is 1. The maximum atomic E-state index is 14.0. The minimum absolute atomic E-state index is 0.107. The van der Waals surface area contributed by atoms with Gasteiger partial charge in [-0.2, -0.15) is 0 Å². The monoisotopic (exact) mass is 638 g/mol. The summed E-state index contributed by atoms with van der Waals surface area (Å²) in [6, 6.07) is 20.8. The number of aryl methyl sites for hydroxylation is 1. The molecule has 0 saturated carbocycles. The second kappa shape index (κ2) is 13.1. The standard InChI is InChI=1S/C34H34N6O7/c1-23(7-5-6-16-37-21-30(35-36-37)28(22-41)25-8-3-2-4-9-25)34(44)29-19-27(40(45)46)14-15-31(29)39(32(34)42)20-24-10-12-26(13-11-24)38-17-18-47-33(38)43/h2-5,7-15,19,21,23,28,41,44H,6,16-18,20,22H2,1H3/b7-5+/t23-,28?,34+/m1/s1. The number of nitro benzene ring substituents is 1. The summed E-state index contributed by atoms with van der Waals surface area (Å²) in [4.78, 5) is 39.9. The fraction of sp³-hybridized carbons (Fsp3) is 0.294. The van der Waals surface area contributed by atoms with Gasteiger partial charge in [-0.05, 0) is 35.7 Å². The molecule has 1 aromatic heterocycles. The first-order valence-electron chi connectivity index (χ1n) is 15.3. The van der Waals surface area contributed by atoms with Crippen molar-refractivity contribution in [2.75, 3.05) is 29.6 Å². The van der Waals surface area contributed by atoms with Crippen LogP contribution in [0.15, 0.2) is 91.1 Å². The number of carbonyl (C=O) groups excluding carboxylic acids is 2. The summed E-state index contributed by atoms with van der Waals surface area (Å²) >= 11 is 0. The number of anilines is 2. The van der Waals surface area contributed by atoms with Crippen molar-refractivity contribution in [3.8, 4) is 0 Å². The summed E-state index contributed by atoms with van der Waals surface area (Å²) in [7, 11) is 0. The van der Waals surface area contributed by atoms with Crippen LogP contribution >= 0.6 is 0 Å². The smallest absolute Gasteiger partial charge is 0.414 e. The van der Waals surface area contributed by atoms with Gasteiger partial charge in [0, 0.05) is 42.0 Å². The number of aromatic nitrogens is 3. The molecule has 1 unspecified atom stereocenters. The molecule has 0 bridgehead atoms. The van der Waals surface area contributed by atoms with Gasteiger partial charge in [0.1, 0.15) is 6.61 Å². The van der Waals surface area contributed by atoms with Gasteiger partial charge in [-0.25, -0.2) is 4.79 Å². The molecule has 2 N–H and O–H groups in total. The minimum atomic E-state index is -2.04. The Balaban J connectivity index is 1.17. The molecular weight excluding hydrogens is 604 g/mol. The molecule has 0 radical (unpaired) electrons. The Morgan fingerprint density at radius 3 is 2.55 bits per heavy atom. The van der Waals surface area contributed by atoms with E-state index in [1.165, 1.54) is 28.0 Å². The maximum Gasteiger partial charge on any atom is 0.414 e. The number of hydrogen-bond donors (Lipinski definition) is 2. The van der Waals surface area contributed by atoms with Crippen LogP contribution in [0.4, 0.5) is 21.9 Å². The largest absolute Gasteiger partial charge is 0.447 e. The van der Waals surface area contributed by atoms with Gasteiger partial charge in [0.15, 0.2) is 5.60 Å². The first-order chi connectivity index (χ1) is 22.7. The first kappa shape index (κ1) is 31.6. The van der Waals surface area contributed by atoms with Crippen LogP contribution in [0, 0.1) is 16.0 Å². The lowest BCUT2D eigenvalue weighted by Crippen LogP contribution is -2.44. The van der Waals surface area contributed by atoms with Crippen LogP contribution in [0.2, 0.25) is 0 Å². The van der Waals surface area contributed by atoms with Crippen LogP contribution in [0.5, 0.6) is 0 Å². The zero-order chi connectivity index (χ0) is 33.1. The van der Waals surface area contributed by atoms with Crippen molar-refractivity contribution in [3.63, 3.8) is 0 Å². The fourth-order valence-corrected chi connectivity index (χ4v) is 6.08. The third kappa shape index (κ3) is 6.10. The van der Waals surface area contributed by atoms with Gasteiger partial charge in [-0.1, -0.05) is 66.8 Å². The normalized spacial score (nSPS) is 18.9. The van der Waals surface area contributed by atoms with Gasteiger partial charge < -0.3 is 19.8 Å². The lowest BCUT2D eigenvalue weighted by Gasteiger charge is -2.27. The molecule has 2 aliphatic heterocycles. The number of fused-ring (bicyclic) bond motifs is 1. The molecule has 13 heteroatoms. The van der Waals surface area contributed by atoms with Crippen molar-refractivity contribution in [3.05, 3.63) is 124 Å². The molecule has 4 aromatic rings. The average molecular weight is 639 g/mol. The Morgan fingerprint density at radius 1 is 1.11 bits per heavy atom. The highest BCUT2D eigenvalue weighted by molar-refractivity contribution is 6.07. The number of carbonyl (C=O) groups is 2. The number of aliphatic hydroxyl groups excluding tert-OH is 1. The van der Waals surface area contributed by atoms with Crippen LogP contribution in [-0.4, -0.2) is 61.9 Å². The topological polar surface area (TPSA) is 164 Å². The van der Waals surface area contributed by atoms with E-state index in [0.717, 1.165) is 11.1 Å². The van der Waals surface area contributed by atoms with Crippen LogP contribution in [0.25, 0.3) is 0 Å². The van der Waals surface area contributed by atoms with Crippen molar-refractivity contribution in [2.24, 2.45) is 5.92 Å². The van der Waals surface area contributed by atoms with Gasteiger partial charge >= 0.3 is 6.09 Å². The van der Waals surface area contributed by atoms with Gasteiger partial charge in [-0.3, -0.25) is 24.5 Å². The molecule has 2 aliphatic rings. The Kier molecular flexibility index (Phi) is 8.83. The third-order valence-corrected chi connectivity index (χ3v) is 8.72. The van der Waals surface area contributed by atoms with Gasteiger partial charge in [0.25, 0.3) is 11.6 Å². The summed E-state index contributed by atoms with van der Waals surface area (Å²) in [5.41, 5.74) is 1.29. The highest BCUT2D eigenvalue weighted by Gasteiger charge is 2.53. The Bertz CT molecular complexity index is 1810. The molecule has 3 aromatic carbocycles. The molecular formula is C34H34N6O7. The van der Waals surface area contributed by atoms with E-state index in [1.807, 2.05) is 36.4 Å². The van der Waals surface area contributed by atoms with E-state index in [1.54, 1.807) is 48.1 Å². The number of benzene rings is 3. The van der Waals surface area contributed by atoms with Crippen molar-refractivity contribution >= 4 is 29.1 Å². The third-order valence-electron chi connectivity index (χ3n) is 8.72. The molecule has 1 fully saturated rings. The van der Waals surface area contributed by atoms with Crippen LogP contribution < -0.4 is 9.80 Å². The number of cyclic esters (lactones) is 1. The van der Waals surface area contributed by atoms with Crippen molar-refractivity contribution in [1.29, 1.82) is 0 Å². The number of non-ortho nitro benzene ring substituents is 1. The van der Waals surface area contributed by atoms with Crippen LogP contribution in [0.1, 0.15) is 41.6 Å². The van der Waals surface area contributed by atoms with E-state index in [0.29, 0.717) is 43.2 Å². The number of allylic oxidation sites excluding steroid dienone is 1. The molecule has 0 aliphatic carbocycles. The minimum Gasteiger partial charge on any atom is -0.447 e. The molecule has 6 rings (SSSR count). The number of nitrogens with zero attached hydrogens (tertiary/aromatic N) is 6. The highest BCUT2D eigenvalue weighted by atomic mass is 16.6. The van der Waals surface area contributed by atoms with E-state index in [2.05, 4.69) is 10.3 Å². The molecule has 0 spiro atoms. The molecule has 3 heterocycles. The highest BCUT2D eigenvalue weighted by Crippen LogP contribution is 2.47. The molecule has 3 atom stereocenters. The number of aliphatic hydroxyl groups is 2. The molecule has 1 saturated heterocycles. The summed E-state index contributed by atoms with van der Waals surface area (Å²) < 4.78 is 6.68. The Morgan fingerprint density at radius 2 is 1.87 bits per heavy atom. The van der Waals surface area contributed by atoms with E-state index in [9.17, 15) is 29.9 Å². The summed E-state index contributed by atoms with van der Waals surface area (Å²) in [5, 5.41) is 42.0. The number of amides is 2. The predicted octanol–water partition coefficient (Wildman–Crippen LogP) is 4.28. The molecule has 47 heavy (non-hydrogen) atoms. The second-order valence-corrected chi connectivity index (χ2v) is 11.6. The summed E-state index contributed by atoms with van der Waals surface area (Å²) in [6.07, 6.45) is 5.44. The van der Waals surface area contributed by atoms with Gasteiger partial charge in [-0.15, -0.1) is 5.10 Å². The quantitative estimate of drug-likeness (QED) is 0.131. The lowest BCUT2D eigenvalue weighted by molar-refractivity contribution is -0.385. The van der Waals surface area contributed by atoms with E-state index >= 15 is 0 Å². The van der Waals surface area contributed by atoms with Crippen molar-refractivity contribution < 1.29 is 29.5 Å². The van der Waals surface area contributed by atoms with Crippen molar-refractivity contribution in [1.82, 2.24) is 15.0 Å². The van der Waals surface area contributed by atoms with E-state index < -0.39 is 28.4 Å². The average Bonchev–Trinajstić information content (AvgIpc) is 3.79. The number of rotatable bonds is 12. The molecule has 242 valence electrons. The zero-order valence-corrected chi connectivity index (χ0v) is 25.7. The number of nitro groups is 1.